The van der Waals surface area contributed by atoms with Gasteiger partial charge in [0.25, 0.3) is 5.91 Å². The van der Waals surface area contributed by atoms with Gasteiger partial charge in [-0.2, -0.15) is 0 Å². The molecule has 1 fully saturated rings. The van der Waals surface area contributed by atoms with E-state index in [1.54, 1.807) is 13.0 Å². The average molecular weight is 325 g/mol. The first-order valence-electron chi connectivity index (χ1n) is 6.72. The highest BCUT2D eigenvalue weighted by molar-refractivity contribution is 6.35. The summed E-state index contributed by atoms with van der Waals surface area (Å²) in [6, 6.07) is 5.54. The summed E-state index contributed by atoms with van der Waals surface area (Å²) >= 11 is 12.2. The van der Waals surface area contributed by atoms with Gasteiger partial charge >= 0.3 is 0 Å². The Kier molecular flexibility index (Phi) is 3.91. The van der Waals surface area contributed by atoms with E-state index < -0.39 is 0 Å². The van der Waals surface area contributed by atoms with Crippen molar-refractivity contribution in [3.05, 3.63) is 51.7 Å². The second kappa shape index (κ2) is 5.70. The summed E-state index contributed by atoms with van der Waals surface area (Å²) in [7, 11) is 0. The molecule has 1 saturated carbocycles. The maximum atomic E-state index is 12.2. The van der Waals surface area contributed by atoms with Crippen LogP contribution >= 0.6 is 23.2 Å². The monoisotopic (exact) mass is 324 g/mol. The number of nitrogens with zero attached hydrogens (tertiary/aromatic N) is 1. The molecular formula is C15H14Cl2N2O2. The van der Waals surface area contributed by atoms with Gasteiger partial charge in [-0.3, -0.25) is 4.79 Å². The second-order valence-corrected chi connectivity index (χ2v) is 6.03. The van der Waals surface area contributed by atoms with Gasteiger partial charge in [-0.1, -0.05) is 29.3 Å². The normalized spacial score (nSPS) is 20.9. The summed E-state index contributed by atoms with van der Waals surface area (Å²) in [5.74, 6) is 0.528. The Morgan fingerprint density at radius 3 is 2.76 bits per heavy atom. The third kappa shape index (κ3) is 2.78. The summed E-state index contributed by atoms with van der Waals surface area (Å²) < 4.78 is 5.05. The number of carbonyl (C=O) groups is 1. The van der Waals surface area contributed by atoms with E-state index in [1.165, 1.54) is 6.39 Å². The Labute approximate surface area is 132 Å². The minimum absolute atomic E-state index is 0.0623. The van der Waals surface area contributed by atoms with Crippen molar-refractivity contribution in [2.75, 3.05) is 0 Å². The zero-order valence-corrected chi connectivity index (χ0v) is 12.9. The molecule has 2 aromatic rings. The number of halogens is 2. The third-order valence-electron chi connectivity index (χ3n) is 3.91. The van der Waals surface area contributed by atoms with Crippen LogP contribution in [0.3, 0.4) is 0 Å². The number of benzene rings is 1. The molecule has 1 amide bonds. The third-order valence-corrected chi connectivity index (χ3v) is 4.48. The molecule has 6 heteroatoms. The van der Waals surface area contributed by atoms with Gasteiger partial charge in [-0.15, -0.1) is 0 Å². The van der Waals surface area contributed by atoms with Crippen LogP contribution in [0.2, 0.25) is 10.0 Å². The van der Waals surface area contributed by atoms with Crippen molar-refractivity contribution in [3.63, 3.8) is 0 Å². The molecule has 1 N–H and O–H groups in total. The van der Waals surface area contributed by atoms with Gasteiger partial charge in [0, 0.05) is 22.0 Å². The number of aryl methyl sites for hydroxylation is 1. The standard InChI is InChI=1S/C15H14Cl2N2O2/c1-8-14(18-7-21-8)15(20)19-13-5-4-11(13)10-3-2-9(16)6-12(10)17/h2-3,6-7,11,13H,4-5H2,1H3,(H,19,20)/t11-,13-/m0/s1. The number of oxazole rings is 1. The Morgan fingerprint density at radius 2 is 2.19 bits per heavy atom. The van der Waals surface area contributed by atoms with E-state index in [1.807, 2.05) is 12.1 Å². The molecule has 2 atom stereocenters. The predicted octanol–water partition coefficient (Wildman–Crippen LogP) is 3.97. The highest BCUT2D eigenvalue weighted by atomic mass is 35.5. The quantitative estimate of drug-likeness (QED) is 0.929. The van der Waals surface area contributed by atoms with Gasteiger partial charge in [0.1, 0.15) is 5.76 Å². The molecule has 4 nitrogen and oxygen atoms in total. The van der Waals surface area contributed by atoms with Gasteiger partial charge in [-0.05, 0) is 37.5 Å². The van der Waals surface area contributed by atoms with Gasteiger partial charge < -0.3 is 9.73 Å². The van der Waals surface area contributed by atoms with Crippen LogP contribution in [0.4, 0.5) is 0 Å². The Bertz CT molecular complexity index is 684. The summed E-state index contributed by atoms with van der Waals surface area (Å²) in [6.07, 6.45) is 3.19. The number of aromatic nitrogens is 1. The van der Waals surface area contributed by atoms with Crippen molar-refractivity contribution >= 4 is 29.1 Å². The summed E-state index contributed by atoms with van der Waals surface area (Å²) in [5.41, 5.74) is 1.36. The van der Waals surface area contributed by atoms with Crippen LogP contribution in [-0.4, -0.2) is 16.9 Å². The Hall–Kier alpha value is -1.52. The fraction of sp³-hybridized carbons (Fsp3) is 0.333. The first-order valence-corrected chi connectivity index (χ1v) is 7.47. The van der Waals surface area contributed by atoms with Crippen molar-refractivity contribution in [2.24, 2.45) is 0 Å². The summed E-state index contributed by atoms with van der Waals surface area (Å²) in [6.45, 7) is 1.72. The maximum absolute atomic E-state index is 12.2. The molecule has 1 aliphatic carbocycles. The van der Waals surface area contributed by atoms with E-state index in [0.717, 1.165) is 18.4 Å². The molecule has 0 unspecified atom stereocenters. The maximum Gasteiger partial charge on any atom is 0.273 e. The van der Waals surface area contributed by atoms with Gasteiger partial charge in [0.2, 0.25) is 0 Å². The van der Waals surface area contributed by atoms with Gasteiger partial charge in [-0.25, -0.2) is 4.98 Å². The van der Waals surface area contributed by atoms with E-state index in [-0.39, 0.29) is 17.9 Å². The van der Waals surface area contributed by atoms with Crippen molar-refractivity contribution in [1.82, 2.24) is 10.3 Å². The molecule has 0 bridgehead atoms. The number of rotatable bonds is 3. The van der Waals surface area contributed by atoms with Crippen LogP contribution in [0.1, 0.15) is 40.6 Å². The number of amides is 1. The van der Waals surface area contributed by atoms with Crippen LogP contribution in [0.25, 0.3) is 0 Å². The van der Waals surface area contributed by atoms with Gasteiger partial charge in [0.05, 0.1) is 0 Å². The molecule has 0 saturated heterocycles. The lowest BCUT2D eigenvalue weighted by atomic mass is 9.75. The first kappa shape index (κ1) is 14.4. The second-order valence-electron chi connectivity index (χ2n) is 5.19. The molecule has 1 aromatic heterocycles. The predicted molar refractivity (Wildman–Crippen MR) is 80.9 cm³/mol. The lowest BCUT2D eigenvalue weighted by molar-refractivity contribution is 0.0898. The Morgan fingerprint density at radius 1 is 1.38 bits per heavy atom. The van der Waals surface area contributed by atoms with E-state index in [4.69, 9.17) is 27.6 Å². The van der Waals surface area contributed by atoms with Crippen LogP contribution in [0.15, 0.2) is 29.0 Å². The molecule has 110 valence electrons. The van der Waals surface area contributed by atoms with Crippen molar-refractivity contribution < 1.29 is 9.21 Å². The lowest BCUT2D eigenvalue weighted by Gasteiger charge is -2.37. The molecule has 1 aliphatic rings. The smallest absolute Gasteiger partial charge is 0.273 e. The number of carbonyl (C=O) groups excluding carboxylic acids is 1. The zero-order chi connectivity index (χ0) is 15.0. The van der Waals surface area contributed by atoms with Crippen LogP contribution in [0.5, 0.6) is 0 Å². The molecule has 0 aliphatic heterocycles. The molecular weight excluding hydrogens is 311 g/mol. The van der Waals surface area contributed by atoms with E-state index in [9.17, 15) is 4.79 Å². The highest BCUT2D eigenvalue weighted by Gasteiger charge is 2.35. The summed E-state index contributed by atoms with van der Waals surface area (Å²) in [4.78, 5) is 16.1. The molecule has 1 aromatic carbocycles. The van der Waals surface area contributed by atoms with Crippen molar-refractivity contribution in [2.45, 2.75) is 31.7 Å². The highest BCUT2D eigenvalue weighted by Crippen LogP contribution is 2.40. The number of nitrogens with one attached hydrogen (secondary N) is 1. The molecule has 21 heavy (non-hydrogen) atoms. The van der Waals surface area contributed by atoms with Crippen molar-refractivity contribution in [3.8, 4) is 0 Å². The van der Waals surface area contributed by atoms with Crippen LogP contribution < -0.4 is 5.32 Å². The average Bonchev–Trinajstić information content (AvgIpc) is 2.84. The fourth-order valence-corrected chi connectivity index (χ4v) is 3.16. The first-order chi connectivity index (χ1) is 10.1. The number of hydrogen-bond acceptors (Lipinski definition) is 3. The van der Waals surface area contributed by atoms with Crippen LogP contribution in [0, 0.1) is 6.92 Å². The van der Waals surface area contributed by atoms with Crippen molar-refractivity contribution in [1.29, 1.82) is 0 Å². The topological polar surface area (TPSA) is 55.1 Å². The fourth-order valence-electron chi connectivity index (χ4n) is 2.61. The molecule has 3 rings (SSSR count). The lowest BCUT2D eigenvalue weighted by Crippen LogP contribution is -2.45. The largest absolute Gasteiger partial charge is 0.448 e. The summed E-state index contributed by atoms with van der Waals surface area (Å²) in [5, 5.41) is 4.25. The number of hydrogen-bond donors (Lipinski definition) is 1. The molecule has 0 radical (unpaired) electrons. The Balaban J connectivity index is 1.73. The zero-order valence-electron chi connectivity index (χ0n) is 11.4. The SMILES string of the molecule is Cc1ocnc1C(=O)N[C@H]1CC[C@H]1c1ccc(Cl)cc1Cl. The van der Waals surface area contributed by atoms with E-state index >= 15 is 0 Å². The minimum Gasteiger partial charge on any atom is -0.448 e. The van der Waals surface area contributed by atoms with E-state index in [2.05, 4.69) is 10.3 Å². The van der Waals surface area contributed by atoms with Gasteiger partial charge in [0.15, 0.2) is 12.1 Å². The molecule has 1 heterocycles. The van der Waals surface area contributed by atoms with E-state index in [0.29, 0.717) is 21.5 Å². The molecule has 0 spiro atoms. The minimum atomic E-state index is -0.207. The van der Waals surface area contributed by atoms with Crippen LogP contribution in [-0.2, 0) is 0 Å².